The fourth-order valence-corrected chi connectivity index (χ4v) is 3.71. The summed E-state index contributed by atoms with van der Waals surface area (Å²) in [5.41, 5.74) is 2.37. The van der Waals surface area contributed by atoms with Gasteiger partial charge in [-0.3, -0.25) is 4.68 Å². The Morgan fingerprint density at radius 3 is 2.64 bits per heavy atom. The zero-order chi connectivity index (χ0) is 18.2. The Kier molecular flexibility index (Phi) is 5.13. The van der Waals surface area contributed by atoms with Crippen LogP contribution in [-0.4, -0.2) is 25.6 Å². The molecule has 1 aromatic heterocycles. The normalized spacial score (nSPS) is 18.6. The maximum atomic E-state index is 12.6. The van der Waals surface area contributed by atoms with Crippen molar-refractivity contribution in [1.82, 2.24) is 14.5 Å². The van der Waals surface area contributed by atoms with E-state index in [1.54, 1.807) is 0 Å². The molecule has 0 aliphatic heterocycles. The van der Waals surface area contributed by atoms with Crippen LogP contribution in [0.2, 0.25) is 0 Å². The third-order valence-corrected chi connectivity index (χ3v) is 5.61. The van der Waals surface area contributed by atoms with Crippen LogP contribution < -0.4 is 4.72 Å². The Bertz CT molecular complexity index is 745. The lowest BCUT2D eigenvalue weighted by Crippen LogP contribution is -2.39. The van der Waals surface area contributed by atoms with Gasteiger partial charge >= 0.3 is 6.18 Å². The van der Waals surface area contributed by atoms with Gasteiger partial charge in [0.05, 0.1) is 12.6 Å². The molecule has 1 heterocycles. The second-order valence-corrected chi connectivity index (χ2v) is 8.34. The molecule has 0 saturated heterocycles. The van der Waals surface area contributed by atoms with Gasteiger partial charge in [0.1, 0.15) is 5.25 Å². The molecular weight excluding hydrogens is 351 g/mol. The average Bonchev–Trinajstić information content (AvgIpc) is 3.12. The van der Waals surface area contributed by atoms with Crippen molar-refractivity contribution in [1.29, 1.82) is 0 Å². The molecule has 1 unspecified atom stereocenters. The van der Waals surface area contributed by atoms with Crippen molar-refractivity contribution >= 4 is 11.4 Å². The minimum atomic E-state index is -4.42. The van der Waals surface area contributed by atoms with Gasteiger partial charge in [-0.1, -0.05) is 18.2 Å². The lowest BCUT2D eigenvalue weighted by Gasteiger charge is -2.18. The summed E-state index contributed by atoms with van der Waals surface area (Å²) in [5.74, 6) is 0. The van der Waals surface area contributed by atoms with Crippen LogP contribution in [0.1, 0.15) is 36.2 Å². The molecule has 136 valence electrons. The molecule has 1 aliphatic carbocycles. The van der Waals surface area contributed by atoms with Gasteiger partial charge in [-0.15, -0.1) is 4.72 Å². The highest BCUT2D eigenvalue weighted by atomic mass is 32.2. The number of nitrogens with one attached hydrogen (secondary N) is 1. The predicted molar refractivity (Wildman–Crippen MR) is 90.4 cm³/mol. The Morgan fingerprint density at radius 1 is 1.28 bits per heavy atom. The van der Waals surface area contributed by atoms with Crippen LogP contribution in [-0.2, 0) is 36.9 Å². The lowest BCUT2D eigenvalue weighted by atomic mass is 10.1. The van der Waals surface area contributed by atoms with E-state index < -0.39 is 23.2 Å². The van der Waals surface area contributed by atoms with Gasteiger partial charge in [0.2, 0.25) is 0 Å². The molecule has 1 aromatic carbocycles. The summed E-state index contributed by atoms with van der Waals surface area (Å²) in [6.45, 7) is 4.10. The molecule has 0 spiro atoms. The molecule has 0 bridgehead atoms. The maximum Gasteiger partial charge on any atom is 0.435 e. The fourth-order valence-electron chi connectivity index (χ4n) is 2.94. The number of alkyl halides is 3. The number of nitrogens with zero attached hydrogens (tertiary/aromatic N) is 2. The van der Waals surface area contributed by atoms with Crippen LogP contribution in [0.5, 0.6) is 0 Å². The van der Waals surface area contributed by atoms with E-state index >= 15 is 0 Å². The van der Waals surface area contributed by atoms with Gasteiger partial charge in [-0.2, -0.15) is 18.3 Å². The average molecular weight is 371 g/mol. The topological polar surface area (TPSA) is 52.9 Å². The quantitative estimate of drug-likeness (QED) is 0.822. The molecule has 2 aromatic rings. The van der Waals surface area contributed by atoms with Crippen LogP contribution in [0, 0.1) is 0 Å². The monoisotopic (exact) mass is 371 g/mol. The first-order chi connectivity index (χ1) is 11.7. The maximum absolute atomic E-state index is 12.6. The lowest BCUT2D eigenvalue weighted by molar-refractivity contribution is -0.141. The second kappa shape index (κ2) is 7.01. The standard InChI is InChI=1S/C17H20F3N3OS/c1-11(2)25(24)22-15-8-13-4-3-12(7-14(13)9-15)10-23-6-5-16(21-23)17(18,19)20/h3-7,11,15,22H,8-10H2,1-2H3/t15-,25?/m0/s1. The van der Waals surface area contributed by atoms with Crippen LogP contribution in [0.15, 0.2) is 30.5 Å². The molecule has 8 heteroatoms. The minimum Gasteiger partial charge on any atom is -0.598 e. The molecule has 0 saturated carbocycles. The van der Waals surface area contributed by atoms with Crippen LogP contribution >= 0.6 is 0 Å². The third kappa shape index (κ3) is 4.37. The number of aromatic nitrogens is 2. The minimum absolute atomic E-state index is 0.0573. The molecule has 4 nitrogen and oxygen atoms in total. The molecular formula is C17H20F3N3OS. The van der Waals surface area contributed by atoms with Crippen molar-refractivity contribution in [3.63, 3.8) is 0 Å². The van der Waals surface area contributed by atoms with E-state index in [1.165, 1.54) is 16.4 Å². The molecule has 0 fully saturated rings. The van der Waals surface area contributed by atoms with Crippen molar-refractivity contribution in [3.05, 3.63) is 52.8 Å². The summed E-state index contributed by atoms with van der Waals surface area (Å²) in [5, 5.41) is 3.64. The van der Waals surface area contributed by atoms with Gasteiger partial charge in [0.15, 0.2) is 5.69 Å². The first kappa shape index (κ1) is 18.3. The highest BCUT2D eigenvalue weighted by molar-refractivity contribution is 7.90. The molecule has 25 heavy (non-hydrogen) atoms. The molecule has 0 amide bonds. The summed E-state index contributed by atoms with van der Waals surface area (Å²) in [6.07, 6.45) is -1.50. The van der Waals surface area contributed by atoms with E-state index in [9.17, 15) is 17.7 Å². The van der Waals surface area contributed by atoms with Crippen molar-refractivity contribution in [2.45, 2.75) is 50.7 Å². The highest BCUT2D eigenvalue weighted by Gasteiger charge is 2.33. The van der Waals surface area contributed by atoms with Crippen molar-refractivity contribution in [2.24, 2.45) is 0 Å². The Morgan fingerprint density at radius 2 is 2.00 bits per heavy atom. The van der Waals surface area contributed by atoms with E-state index in [1.807, 2.05) is 32.0 Å². The number of hydrogen-bond donors (Lipinski definition) is 1. The van der Waals surface area contributed by atoms with Crippen molar-refractivity contribution < 1.29 is 17.7 Å². The first-order valence-corrected chi connectivity index (χ1v) is 9.32. The smallest absolute Gasteiger partial charge is 0.435 e. The SMILES string of the molecule is CC(C)[S+]([O-])N[C@H]1Cc2ccc(Cn3ccc(C(F)(F)F)n3)cc2C1. The zero-order valence-corrected chi connectivity index (χ0v) is 14.8. The second-order valence-electron chi connectivity index (χ2n) is 6.57. The molecule has 1 aliphatic rings. The summed E-state index contributed by atoms with van der Waals surface area (Å²) < 4.78 is 54.2. The van der Waals surface area contributed by atoms with Crippen molar-refractivity contribution in [2.75, 3.05) is 0 Å². The van der Waals surface area contributed by atoms with Crippen LogP contribution in [0.4, 0.5) is 13.2 Å². The molecule has 3 rings (SSSR count). The fraction of sp³-hybridized carbons (Fsp3) is 0.471. The number of halogens is 3. The largest absolute Gasteiger partial charge is 0.598 e. The van der Waals surface area contributed by atoms with Gasteiger partial charge in [-0.05, 0) is 49.4 Å². The van der Waals surface area contributed by atoms with Gasteiger partial charge in [0.25, 0.3) is 0 Å². The molecule has 1 N–H and O–H groups in total. The highest BCUT2D eigenvalue weighted by Crippen LogP contribution is 2.28. The molecule has 2 atom stereocenters. The number of hydrogen-bond acceptors (Lipinski definition) is 3. The van der Waals surface area contributed by atoms with Crippen LogP contribution in [0.25, 0.3) is 0 Å². The van der Waals surface area contributed by atoms with Crippen molar-refractivity contribution in [3.8, 4) is 0 Å². The van der Waals surface area contributed by atoms with E-state index in [-0.39, 0.29) is 11.3 Å². The Balaban J connectivity index is 1.67. The van der Waals surface area contributed by atoms with Crippen LogP contribution in [0.3, 0.4) is 0 Å². The molecule has 0 radical (unpaired) electrons. The summed E-state index contributed by atoms with van der Waals surface area (Å²) in [4.78, 5) is 0. The number of benzene rings is 1. The zero-order valence-electron chi connectivity index (χ0n) is 14.0. The summed E-state index contributed by atoms with van der Waals surface area (Å²) in [6, 6.07) is 7.03. The predicted octanol–water partition coefficient (Wildman–Crippen LogP) is 3.08. The van der Waals surface area contributed by atoms with Gasteiger partial charge in [0, 0.05) is 17.6 Å². The summed E-state index contributed by atoms with van der Waals surface area (Å²) in [7, 11) is 0. The number of fused-ring (bicyclic) bond motifs is 1. The number of rotatable bonds is 5. The van der Waals surface area contributed by atoms with Gasteiger partial charge < -0.3 is 4.55 Å². The van der Waals surface area contributed by atoms with E-state index in [2.05, 4.69) is 9.82 Å². The Labute approximate surface area is 147 Å². The first-order valence-electron chi connectivity index (χ1n) is 8.10. The third-order valence-electron chi connectivity index (χ3n) is 4.19. The van der Waals surface area contributed by atoms with E-state index in [4.69, 9.17) is 0 Å². The Hall–Kier alpha value is -1.51. The van der Waals surface area contributed by atoms with Gasteiger partial charge in [-0.25, -0.2) is 0 Å². The summed E-state index contributed by atoms with van der Waals surface area (Å²) >= 11 is -1.06. The van der Waals surface area contributed by atoms with E-state index in [0.717, 1.165) is 30.0 Å². The van der Waals surface area contributed by atoms with E-state index in [0.29, 0.717) is 6.54 Å².